The number of methoxy groups -OCH3 is 1. The number of ether oxygens (including phenoxy) is 2. The lowest BCUT2D eigenvalue weighted by atomic mass is 10.1. The molecule has 0 bridgehead atoms. The van der Waals surface area contributed by atoms with E-state index in [0.29, 0.717) is 24.6 Å². The lowest BCUT2D eigenvalue weighted by Gasteiger charge is -2.29. The smallest absolute Gasteiger partial charge is 0.259 e. The molecule has 0 radical (unpaired) electrons. The second-order valence-electron chi connectivity index (χ2n) is 5.33. The van der Waals surface area contributed by atoms with Crippen molar-refractivity contribution < 1.29 is 14.3 Å². The van der Waals surface area contributed by atoms with E-state index in [0.717, 1.165) is 11.3 Å². The summed E-state index contributed by atoms with van der Waals surface area (Å²) >= 11 is 0. The van der Waals surface area contributed by atoms with Crippen molar-refractivity contribution in [2.24, 2.45) is 0 Å². The Kier molecular flexibility index (Phi) is 6.18. The summed E-state index contributed by atoms with van der Waals surface area (Å²) in [6.45, 7) is 6.89. The summed E-state index contributed by atoms with van der Waals surface area (Å²) in [4.78, 5) is 19.0. The van der Waals surface area contributed by atoms with E-state index >= 15 is 0 Å². The Bertz CT molecular complexity index is 688. The summed E-state index contributed by atoms with van der Waals surface area (Å²) in [5, 5.41) is 0. The van der Waals surface area contributed by atoms with Crippen molar-refractivity contribution in [1.29, 1.82) is 0 Å². The number of nitrogens with zero attached hydrogens (tertiary/aromatic N) is 2. The van der Waals surface area contributed by atoms with Crippen LogP contribution in [0.5, 0.6) is 11.6 Å². The molecule has 0 aliphatic carbocycles. The molecule has 0 saturated heterocycles. The number of carbonyl (C=O) groups is 1. The van der Waals surface area contributed by atoms with Gasteiger partial charge >= 0.3 is 0 Å². The van der Waals surface area contributed by atoms with Gasteiger partial charge in [-0.1, -0.05) is 12.1 Å². The molecule has 1 aromatic heterocycles. The Balaban J connectivity index is 2.31. The van der Waals surface area contributed by atoms with Gasteiger partial charge in [0.05, 0.1) is 19.8 Å². The summed E-state index contributed by atoms with van der Waals surface area (Å²) in [7, 11) is 1.64. The van der Waals surface area contributed by atoms with Crippen molar-refractivity contribution >= 4 is 5.91 Å². The molecule has 0 aliphatic heterocycles. The zero-order valence-electron chi connectivity index (χ0n) is 14.7. The molecule has 0 fully saturated rings. The van der Waals surface area contributed by atoms with Gasteiger partial charge < -0.3 is 14.4 Å². The van der Waals surface area contributed by atoms with E-state index < -0.39 is 0 Å². The fraction of sp³-hybridized carbons (Fsp3) is 0.368. The highest BCUT2D eigenvalue weighted by Crippen LogP contribution is 2.27. The highest BCUT2D eigenvalue weighted by atomic mass is 16.5. The van der Waals surface area contributed by atoms with Gasteiger partial charge in [-0.25, -0.2) is 4.98 Å². The van der Waals surface area contributed by atoms with Crippen molar-refractivity contribution in [3.05, 3.63) is 53.7 Å². The molecule has 1 amide bonds. The molecule has 0 aliphatic rings. The topological polar surface area (TPSA) is 51.7 Å². The second kappa shape index (κ2) is 8.34. The standard InChI is InChI=1S/C19H24N2O3/c1-5-21(14(3)15-9-7-10-16(13-15)23-4)19(22)17-11-8-12-20-18(17)24-6-2/h7-14H,5-6H2,1-4H3. The maximum atomic E-state index is 13.0. The molecule has 5 heteroatoms. The average Bonchev–Trinajstić information content (AvgIpc) is 2.63. The molecular formula is C19H24N2O3. The Morgan fingerprint density at radius 3 is 2.71 bits per heavy atom. The van der Waals surface area contributed by atoms with Crippen LogP contribution in [0.3, 0.4) is 0 Å². The Hall–Kier alpha value is -2.56. The third-order valence-corrected chi connectivity index (χ3v) is 3.93. The van der Waals surface area contributed by atoms with E-state index in [1.165, 1.54) is 0 Å². The first kappa shape index (κ1) is 17.8. The molecule has 5 nitrogen and oxygen atoms in total. The van der Waals surface area contributed by atoms with E-state index in [1.807, 2.05) is 45.0 Å². The van der Waals surface area contributed by atoms with Crippen LogP contribution in [-0.4, -0.2) is 36.1 Å². The van der Waals surface area contributed by atoms with E-state index in [-0.39, 0.29) is 11.9 Å². The van der Waals surface area contributed by atoms with Crippen LogP contribution in [0.15, 0.2) is 42.6 Å². The first-order valence-corrected chi connectivity index (χ1v) is 8.15. The lowest BCUT2D eigenvalue weighted by Crippen LogP contribution is -2.33. The fourth-order valence-electron chi connectivity index (χ4n) is 2.63. The molecule has 128 valence electrons. The molecule has 0 saturated carbocycles. The molecule has 2 aromatic rings. The molecule has 1 atom stereocenters. The summed E-state index contributed by atoms with van der Waals surface area (Å²) < 4.78 is 10.8. The van der Waals surface area contributed by atoms with Gasteiger partial charge in [0, 0.05) is 12.7 Å². The predicted octanol–water partition coefficient (Wildman–Crippen LogP) is 3.71. The van der Waals surface area contributed by atoms with Crippen LogP contribution in [0.25, 0.3) is 0 Å². The average molecular weight is 328 g/mol. The minimum atomic E-state index is -0.0932. The third kappa shape index (κ3) is 3.85. The van der Waals surface area contributed by atoms with Gasteiger partial charge in [0.25, 0.3) is 5.91 Å². The largest absolute Gasteiger partial charge is 0.497 e. The Labute approximate surface area is 143 Å². The maximum Gasteiger partial charge on any atom is 0.259 e. The normalized spacial score (nSPS) is 11.7. The summed E-state index contributed by atoms with van der Waals surface area (Å²) in [5.74, 6) is 1.06. The summed E-state index contributed by atoms with van der Waals surface area (Å²) in [5.41, 5.74) is 1.50. The van der Waals surface area contributed by atoms with E-state index in [1.54, 1.807) is 30.3 Å². The van der Waals surface area contributed by atoms with Crippen LogP contribution in [0.4, 0.5) is 0 Å². The van der Waals surface area contributed by atoms with Gasteiger partial charge in [0.15, 0.2) is 0 Å². The molecule has 1 unspecified atom stereocenters. The molecule has 0 N–H and O–H groups in total. The van der Waals surface area contributed by atoms with Gasteiger partial charge in [0.1, 0.15) is 11.3 Å². The van der Waals surface area contributed by atoms with Gasteiger partial charge in [-0.05, 0) is 50.6 Å². The number of rotatable bonds is 7. The quantitative estimate of drug-likeness (QED) is 0.777. The van der Waals surface area contributed by atoms with Crippen molar-refractivity contribution in [2.45, 2.75) is 26.8 Å². The van der Waals surface area contributed by atoms with Gasteiger partial charge in [0.2, 0.25) is 5.88 Å². The number of hydrogen-bond acceptors (Lipinski definition) is 4. The van der Waals surface area contributed by atoms with Crippen molar-refractivity contribution in [1.82, 2.24) is 9.88 Å². The zero-order chi connectivity index (χ0) is 17.5. The van der Waals surface area contributed by atoms with Crippen LogP contribution in [-0.2, 0) is 0 Å². The Morgan fingerprint density at radius 2 is 2.04 bits per heavy atom. The first-order chi connectivity index (χ1) is 11.6. The molecular weight excluding hydrogens is 304 g/mol. The van der Waals surface area contributed by atoms with Gasteiger partial charge in [-0.2, -0.15) is 0 Å². The predicted molar refractivity (Wildman–Crippen MR) is 93.5 cm³/mol. The number of pyridine rings is 1. The van der Waals surface area contributed by atoms with Crippen LogP contribution in [0, 0.1) is 0 Å². The third-order valence-electron chi connectivity index (χ3n) is 3.93. The number of carbonyl (C=O) groups excluding carboxylic acids is 1. The van der Waals surface area contributed by atoms with Crippen molar-refractivity contribution in [2.75, 3.05) is 20.3 Å². The van der Waals surface area contributed by atoms with Gasteiger partial charge in [-0.15, -0.1) is 0 Å². The monoisotopic (exact) mass is 328 g/mol. The van der Waals surface area contributed by atoms with E-state index in [2.05, 4.69) is 4.98 Å². The Morgan fingerprint density at radius 1 is 1.25 bits per heavy atom. The zero-order valence-corrected chi connectivity index (χ0v) is 14.7. The first-order valence-electron chi connectivity index (χ1n) is 8.15. The van der Waals surface area contributed by atoms with E-state index in [9.17, 15) is 4.79 Å². The minimum absolute atomic E-state index is 0.0905. The van der Waals surface area contributed by atoms with Crippen LogP contribution in [0.1, 0.15) is 42.7 Å². The summed E-state index contributed by atoms with van der Waals surface area (Å²) in [6.07, 6.45) is 1.63. The maximum absolute atomic E-state index is 13.0. The highest BCUT2D eigenvalue weighted by Gasteiger charge is 2.24. The SMILES string of the molecule is CCOc1ncccc1C(=O)N(CC)C(C)c1cccc(OC)c1. The van der Waals surface area contributed by atoms with Gasteiger partial charge in [-0.3, -0.25) is 4.79 Å². The fourth-order valence-corrected chi connectivity index (χ4v) is 2.63. The van der Waals surface area contributed by atoms with Crippen LogP contribution in [0.2, 0.25) is 0 Å². The molecule has 24 heavy (non-hydrogen) atoms. The molecule has 1 aromatic carbocycles. The van der Waals surface area contributed by atoms with Crippen molar-refractivity contribution in [3.63, 3.8) is 0 Å². The number of amides is 1. The van der Waals surface area contributed by atoms with Crippen LogP contribution >= 0.6 is 0 Å². The lowest BCUT2D eigenvalue weighted by molar-refractivity contribution is 0.0697. The molecule has 2 rings (SSSR count). The van der Waals surface area contributed by atoms with E-state index in [4.69, 9.17) is 9.47 Å². The molecule has 0 spiro atoms. The number of aromatic nitrogens is 1. The molecule has 1 heterocycles. The van der Waals surface area contributed by atoms with Crippen molar-refractivity contribution in [3.8, 4) is 11.6 Å². The minimum Gasteiger partial charge on any atom is -0.497 e. The number of hydrogen-bond donors (Lipinski definition) is 0. The number of benzene rings is 1. The van der Waals surface area contributed by atoms with Crippen LogP contribution < -0.4 is 9.47 Å². The summed E-state index contributed by atoms with van der Waals surface area (Å²) in [6, 6.07) is 11.2. The highest BCUT2D eigenvalue weighted by molar-refractivity contribution is 5.96. The second-order valence-corrected chi connectivity index (χ2v) is 5.33.